The van der Waals surface area contributed by atoms with E-state index >= 15 is 0 Å². The Morgan fingerprint density at radius 3 is 2.67 bits per heavy atom. The van der Waals surface area contributed by atoms with Crippen molar-refractivity contribution in [3.05, 3.63) is 73.9 Å². The zero-order chi connectivity index (χ0) is 19.7. The molecule has 1 saturated heterocycles. The molecule has 138 valence electrons. The molecule has 1 heterocycles. The van der Waals surface area contributed by atoms with Crippen molar-refractivity contribution in [2.45, 2.75) is 6.92 Å². The highest BCUT2D eigenvalue weighted by Gasteiger charge is 2.34. The van der Waals surface area contributed by atoms with E-state index in [2.05, 4.69) is 5.43 Å². The summed E-state index contributed by atoms with van der Waals surface area (Å²) >= 11 is 18.2. The van der Waals surface area contributed by atoms with Crippen LogP contribution < -0.4 is 5.43 Å². The maximum absolute atomic E-state index is 14.0. The summed E-state index contributed by atoms with van der Waals surface area (Å²) in [6, 6.07) is 9.13. The molecular formula is C18H11Cl2FN2O2S2. The van der Waals surface area contributed by atoms with E-state index in [0.717, 1.165) is 22.3 Å². The van der Waals surface area contributed by atoms with Crippen LogP contribution in [-0.4, -0.2) is 21.1 Å². The fraction of sp³-hybridized carbons (Fsp3) is 0.0556. The summed E-state index contributed by atoms with van der Waals surface area (Å²) in [6.07, 6.45) is 1.31. The van der Waals surface area contributed by atoms with Crippen molar-refractivity contribution in [1.29, 1.82) is 0 Å². The van der Waals surface area contributed by atoms with Gasteiger partial charge in [-0.1, -0.05) is 47.1 Å². The predicted molar refractivity (Wildman–Crippen MR) is 110 cm³/mol. The molecule has 1 aliphatic heterocycles. The van der Waals surface area contributed by atoms with E-state index in [1.807, 2.05) is 6.92 Å². The maximum Gasteiger partial charge on any atom is 0.285 e. The lowest BCUT2D eigenvalue weighted by Gasteiger charge is -2.16. The number of hydrogen-bond donors (Lipinski definition) is 1. The van der Waals surface area contributed by atoms with E-state index in [9.17, 15) is 14.0 Å². The average Bonchev–Trinajstić information content (AvgIpc) is 2.85. The van der Waals surface area contributed by atoms with Gasteiger partial charge in [0.2, 0.25) is 0 Å². The van der Waals surface area contributed by atoms with Gasteiger partial charge >= 0.3 is 0 Å². The second kappa shape index (κ2) is 7.98. The highest BCUT2D eigenvalue weighted by Crippen LogP contribution is 2.33. The van der Waals surface area contributed by atoms with Gasteiger partial charge in [-0.15, -0.1) is 0 Å². The van der Waals surface area contributed by atoms with Crippen LogP contribution in [0.4, 0.5) is 4.39 Å². The first kappa shape index (κ1) is 19.8. The molecule has 2 aromatic rings. The SMILES string of the molecule is Cc1ccc(C(=O)NN2C(=O)/C(=C/c3c(F)cccc3Cl)SC2=S)c(Cl)c1. The van der Waals surface area contributed by atoms with Crippen LogP contribution in [0.3, 0.4) is 0 Å². The van der Waals surface area contributed by atoms with Crippen LogP contribution in [-0.2, 0) is 4.79 Å². The van der Waals surface area contributed by atoms with Crippen molar-refractivity contribution in [2.75, 3.05) is 0 Å². The minimum absolute atomic E-state index is 0.0765. The number of halogens is 3. The minimum Gasteiger partial charge on any atom is -0.267 e. The monoisotopic (exact) mass is 440 g/mol. The average molecular weight is 441 g/mol. The number of hydrazine groups is 1. The second-order valence-corrected chi connectivity index (χ2v) is 8.07. The third kappa shape index (κ3) is 4.16. The summed E-state index contributed by atoms with van der Waals surface area (Å²) in [5.74, 6) is -1.73. The van der Waals surface area contributed by atoms with Gasteiger partial charge in [0, 0.05) is 5.56 Å². The number of carbonyl (C=O) groups excluding carboxylic acids is 2. The van der Waals surface area contributed by atoms with Crippen molar-refractivity contribution in [3.63, 3.8) is 0 Å². The third-order valence-electron chi connectivity index (χ3n) is 3.65. The van der Waals surface area contributed by atoms with Crippen LogP contribution in [0.2, 0.25) is 10.0 Å². The molecule has 3 rings (SSSR count). The standard InChI is InChI=1S/C18H11Cl2FN2O2S2/c1-9-5-6-10(13(20)7-9)16(24)22-23-17(25)15(27-18(23)26)8-11-12(19)3-2-4-14(11)21/h2-8H,1H3,(H,22,24)/b15-8-. The van der Waals surface area contributed by atoms with E-state index in [4.69, 9.17) is 35.4 Å². The smallest absolute Gasteiger partial charge is 0.267 e. The lowest BCUT2D eigenvalue weighted by atomic mass is 10.1. The molecule has 0 bridgehead atoms. The van der Waals surface area contributed by atoms with Gasteiger partial charge in [0.1, 0.15) is 5.82 Å². The number of amides is 2. The van der Waals surface area contributed by atoms with Crippen LogP contribution in [0.1, 0.15) is 21.5 Å². The van der Waals surface area contributed by atoms with Crippen LogP contribution in [0.15, 0.2) is 41.3 Å². The van der Waals surface area contributed by atoms with Gasteiger partial charge in [-0.3, -0.25) is 15.0 Å². The molecule has 4 nitrogen and oxygen atoms in total. The Morgan fingerprint density at radius 2 is 2.00 bits per heavy atom. The molecule has 1 fully saturated rings. The molecule has 2 aromatic carbocycles. The largest absolute Gasteiger partial charge is 0.285 e. The molecule has 9 heteroatoms. The molecule has 0 unspecified atom stereocenters. The fourth-order valence-corrected chi connectivity index (χ4v) is 4.01. The van der Waals surface area contributed by atoms with Crippen LogP contribution >= 0.6 is 47.2 Å². The Balaban J connectivity index is 1.84. The van der Waals surface area contributed by atoms with Crippen molar-refractivity contribution < 1.29 is 14.0 Å². The molecule has 0 radical (unpaired) electrons. The first-order valence-electron chi connectivity index (χ1n) is 7.57. The molecule has 2 amide bonds. The van der Waals surface area contributed by atoms with Crippen molar-refractivity contribution in [3.8, 4) is 0 Å². The van der Waals surface area contributed by atoms with E-state index in [-0.39, 0.29) is 30.4 Å². The van der Waals surface area contributed by atoms with Gasteiger partial charge in [0.25, 0.3) is 11.8 Å². The molecule has 0 atom stereocenters. The van der Waals surface area contributed by atoms with E-state index in [1.165, 1.54) is 24.3 Å². The van der Waals surface area contributed by atoms with Crippen LogP contribution in [0.25, 0.3) is 6.08 Å². The lowest BCUT2D eigenvalue weighted by Crippen LogP contribution is -2.44. The molecule has 0 aromatic heterocycles. The molecule has 1 N–H and O–H groups in total. The number of thiocarbonyl (C=S) groups is 1. The topological polar surface area (TPSA) is 49.4 Å². The molecule has 0 aliphatic carbocycles. The Kier molecular flexibility index (Phi) is 5.86. The fourth-order valence-electron chi connectivity index (χ4n) is 2.31. The molecule has 1 aliphatic rings. The van der Waals surface area contributed by atoms with Gasteiger partial charge in [0.05, 0.1) is 20.5 Å². The van der Waals surface area contributed by atoms with Crippen molar-refractivity contribution >= 4 is 69.4 Å². The van der Waals surface area contributed by atoms with E-state index in [0.29, 0.717) is 0 Å². The number of benzene rings is 2. The third-order valence-corrected chi connectivity index (χ3v) is 5.60. The molecular weight excluding hydrogens is 430 g/mol. The number of rotatable bonds is 3. The van der Waals surface area contributed by atoms with Gasteiger partial charge in [-0.05, 0) is 55.0 Å². The number of thioether (sulfide) groups is 1. The number of aryl methyl sites for hydroxylation is 1. The van der Waals surface area contributed by atoms with E-state index in [1.54, 1.807) is 18.2 Å². The minimum atomic E-state index is -0.582. The molecule has 0 saturated carbocycles. The molecule has 0 spiro atoms. The van der Waals surface area contributed by atoms with Gasteiger partial charge in [-0.2, -0.15) is 5.01 Å². The zero-order valence-electron chi connectivity index (χ0n) is 13.8. The highest BCUT2D eigenvalue weighted by molar-refractivity contribution is 8.26. The maximum atomic E-state index is 14.0. The predicted octanol–water partition coefficient (Wildman–Crippen LogP) is 4.99. The number of carbonyl (C=O) groups is 2. The summed E-state index contributed by atoms with van der Waals surface area (Å²) in [4.78, 5) is 25.2. The summed E-state index contributed by atoms with van der Waals surface area (Å²) < 4.78 is 14.1. The normalized spacial score (nSPS) is 15.6. The molecule has 27 heavy (non-hydrogen) atoms. The second-order valence-electron chi connectivity index (χ2n) is 5.58. The van der Waals surface area contributed by atoms with Crippen molar-refractivity contribution in [2.24, 2.45) is 0 Å². The number of hydrogen-bond acceptors (Lipinski definition) is 4. The van der Waals surface area contributed by atoms with E-state index < -0.39 is 17.6 Å². The Morgan fingerprint density at radius 1 is 1.26 bits per heavy atom. The quantitative estimate of drug-likeness (QED) is 0.539. The highest BCUT2D eigenvalue weighted by atomic mass is 35.5. The number of nitrogens with zero attached hydrogens (tertiary/aromatic N) is 1. The summed E-state index contributed by atoms with van der Waals surface area (Å²) in [5.41, 5.74) is 3.61. The van der Waals surface area contributed by atoms with Crippen molar-refractivity contribution in [1.82, 2.24) is 10.4 Å². The van der Waals surface area contributed by atoms with Gasteiger partial charge < -0.3 is 0 Å². The summed E-state index contributed by atoms with van der Waals surface area (Å²) in [6.45, 7) is 1.84. The summed E-state index contributed by atoms with van der Waals surface area (Å²) in [5, 5.41) is 1.35. The Bertz CT molecular complexity index is 991. The first-order valence-corrected chi connectivity index (χ1v) is 9.55. The Labute approximate surface area is 174 Å². The zero-order valence-corrected chi connectivity index (χ0v) is 16.9. The lowest BCUT2D eigenvalue weighted by molar-refractivity contribution is -0.123. The Hall–Kier alpha value is -1.93. The van der Waals surface area contributed by atoms with Gasteiger partial charge in [0.15, 0.2) is 4.32 Å². The number of nitrogens with one attached hydrogen (secondary N) is 1. The van der Waals surface area contributed by atoms with Gasteiger partial charge in [-0.25, -0.2) is 4.39 Å². The summed E-state index contributed by atoms with van der Waals surface area (Å²) in [7, 11) is 0. The van der Waals surface area contributed by atoms with Crippen LogP contribution in [0, 0.1) is 12.7 Å². The first-order chi connectivity index (χ1) is 12.8. The van der Waals surface area contributed by atoms with Crippen LogP contribution in [0.5, 0.6) is 0 Å².